The third kappa shape index (κ3) is 3.53. The van der Waals surface area contributed by atoms with Gasteiger partial charge in [-0.25, -0.2) is 4.98 Å². The lowest BCUT2D eigenvalue weighted by Crippen LogP contribution is -2.43. The SMILES string of the molecule is CN(Cc1ccc2nsnc2c1)C(=O)C1CCCN(c2ccccn2)C1. The molecule has 1 amide bonds. The Morgan fingerprint density at radius 3 is 3.00 bits per heavy atom. The summed E-state index contributed by atoms with van der Waals surface area (Å²) in [4.78, 5) is 21.4. The number of amides is 1. The molecule has 3 aromatic rings. The molecule has 3 heterocycles. The minimum Gasteiger partial charge on any atom is -0.356 e. The summed E-state index contributed by atoms with van der Waals surface area (Å²) >= 11 is 1.22. The van der Waals surface area contributed by atoms with Crippen molar-refractivity contribution in [2.45, 2.75) is 19.4 Å². The Labute approximate surface area is 156 Å². The Balaban J connectivity index is 1.42. The molecule has 26 heavy (non-hydrogen) atoms. The summed E-state index contributed by atoms with van der Waals surface area (Å²) in [5.41, 5.74) is 2.89. The lowest BCUT2D eigenvalue weighted by molar-refractivity contribution is -0.135. The quantitative estimate of drug-likeness (QED) is 0.709. The van der Waals surface area contributed by atoms with Crippen molar-refractivity contribution in [2.24, 2.45) is 5.92 Å². The Kier molecular flexibility index (Phi) is 4.79. The lowest BCUT2D eigenvalue weighted by Gasteiger charge is -2.34. The molecular formula is C19H21N5OS. The van der Waals surface area contributed by atoms with Crippen LogP contribution in [0.15, 0.2) is 42.6 Å². The Morgan fingerprint density at radius 2 is 2.15 bits per heavy atom. The Morgan fingerprint density at radius 1 is 1.27 bits per heavy atom. The molecule has 1 aromatic carbocycles. The van der Waals surface area contributed by atoms with E-state index in [1.165, 1.54) is 11.7 Å². The number of aromatic nitrogens is 3. The van der Waals surface area contributed by atoms with Gasteiger partial charge in [-0.1, -0.05) is 12.1 Å². The third-order valence-corrected chi connectivity index (χ3v) is 5.41. The molecule has 0 N–H and O–H groups in total. The predicted octanol–water partition coefficient (Wildman–Crippen LogP) is 2.96. The van der Waals surface area contributed by atoms with E-state index in [1.807, 2.05) is 48.3 Å². The van der Waals surface area contributed by atoms with Crippen LogP contribution in [0.1, 0.15) is 18.4 Å². The monoisotopic (exact) mass is 367 g/mol. The van der Waals surface area contributed by atoms with E-state index in [-0.39, 0.29) is 11.8 Å². The molecule has 1 aliphatic heterocycles. The zero-order chi connectivity index (χ0) is 17.9. The van der Waals surface area contributed by atoms with E-state index in [0.29, 0.717) is 6.54 Å². The molecule has 0 bridgehead atoms. The van der Waals surface area contributed by atoms with Crippen LogP contribution in [0.3, 0.4) is 0 Å². The fourth-order valence-corrected chi connectivity index (χ4v) is 4.03. The van der Waals surface area contributed by atoms with Crippen molar-refractivity contribution in [3.63, 3.8) is 0 Å². The summed E-state index contributed by atoms with van der Waals surface area (Å²) in [6.07, 6.45) is 3.75. The van der Waals surface area contributed by atoms with Gasteiger partial charge in [-0.05, 0) is 42.7 Å². The van der Waals surface area contributed by atoms with Crippen molar-refractivity contribution >= 4 is 34.5 Å². The van der Waals surface area contributed by atoms with E-state index < -0.39 is 0 Å². The molecule has 6 nitrogen and oxygen atoms in total. The van der Waals surface area contributed by atoms with Crippen molar-refractivity contribution in [1.29, 1.82) is 0 Å². The van der Waals surface area contributed by atoms with Gasteiger partial charge in [-0.15, -0.1) is 0 Å². The van der Waals surface area contributed by atoms with Crippen LogP contribution in [0.5, 0.6) is 0 Å². The van der Waals surface area contributed by atoms with Crippen LogP contribution < -0.4 is 4.90 Å². The van der Waals surface area contributed by atoms with Crippen molar-refractivity contribution in [3.05, 3.63) is 48.2 Å². The van der Waals surface area contributed by atoms with E-state index in [0.717, 1.165) is 48.3 Å². The number of carbonyl (C=O) groups excluding carboxylic acids is 1. The van der Waals surface area contributed by atoms with Crippen LogP contribution in [-0.2, 0) is 11.3 Å². The van der Waals surface area contributed by atoms with Gasteiger partial charge in [-0.2, -0.15) is 8.75 Å². The molecule has 1 atom stereocenters. The van der Waals surface area contributed by atoms with Gasteiger partial charge in [0.1, 0.15) is 16.9 Å². The molecule has 1 fully saturated rings. The fraction of sp³-hybridized carbons (Fsp3) is 0.368. The Hall–Kier alpha value is -2.54. The highest BCUT2D eigenvalue weighted by Crippen LogP contribution is 2.23. The topological polar surface area (TPSA) is 62.2 Å². The number of carbonyl (C=O) groups is 1. The number of hydrogen-bond acceptors (Lipinski definition) is 6. The number of anilines is 1. The van der Waals surface area contributed by atoms with Crippen LogP contribution >= 0.6 is 11.7 Å². The van der Waals surface area contributed by atoms with Crippen LogP contribution in [0.25, 0.3) is 11.0 Å². The molecule has 1 unspecified atom stereocenters. The van der Waals surface area contributed by atoms with Crippen molar-refractivity contribution in [2.75, 3.05) is 25.0 Å². The summed E-state index contributed by atoms with van der Waals surface area (Å²) in [6, 6.07) is 11.9. The lowest BCUT2D eigenvalue weighted by atomic mass is 9.96. The molecule has 0 saturated carbocycles. The van der Waals surface area contributed by atoms with Gasteiger partial charge in [0.2, 0.25) is 5.91 Å². The second kappa shape index (κ2) is 7.37. The van der Waals surface area contributed by atoms with E-state index in [2.05, 4.69) is 18.6 Å². The zero-order valence-electron chi connectivity index (χ0n) is 14.7. The number of fused-ring (bicyclic) bond motifs is 1. The Bertz CT molecular complexity index is 897. The van der Waals surface area contributed by atoms with Crippen LogP contribution in [0.2, 0.25) is 0 Å². The van der Waals surface area contributed by atoms with Crippen molar-refractivity contribution in [3.8, 4) is 0 Å². The molecule has 1 saturated heterocycles. The average Bonchev–Trinajstić information content (AvgIpc) is 3.16. The van der Waals surface area contributed by atoms with Crippen LogP contribution in [0.4, 0.5) is 5.82 Å². The normalized spacial score (nSPS) is 17.4. The largest absolute Gasteiger partial charge is 0.356 e. The van der Waals surface area contributed by atoms with Crippen LogP contribution in [-0.4, -0.2) is 44.7 Å². The molecule has 0 spiro atoms. The summed E-state index contributed by atoms with van der Waals surface area (Å²) in [7, 11) is 1.88. The summed E-state index contributed by atoms with van der Waals surface area (Å²) in [5, 5.41) is 0. The van der Waals surface area contributed by atoms with Gasteiger partial charge in [0.25, 0.3) is 0 Å². The standard InChI is InChI=1S/C19H21N5OS/c1-23(12-14-7-8-16-17(11-14)22-26-21-16)19(25)15-5-4-10-24(13-15)18-6-2-3-9-20-18/h2-3,6-9,11,15H,4-5,10,12-13H2,1H3. The maximum absolute atomic E-state index is 12.9. The number of piperidine rings is 1. The van der Waals surface area contributed by atoms with Gasteiger partial charge in [0.15, 0.2) is 0 Å². The van der Waals surface area contributed by atoms with Crippen molar-refractivity contribution < 1.29 is 4.79 Å². The molecular weight excluding hydrogens is 346 g/mol. The maximum atomic E-state index is 12.9. The van der Waals surface area contributed by atoms with E-state index in [4.69, 9.17) is 0 Å². The summed E-state index contributed by atoms with van der Waals surface area (Å²) in [6.45, 7) is 2.28. The molecule has 134 valence electrons. The first-order valence-corrected chi connectivity index (χ1v) is 9.56. The van der Waals surface area contributed by atoms with Gasteiger partial charge in [-0.3, -0.25) is 4.79 Å². The second-order valence-corrected chi connectivity index (χ2v) is 7.28. The van der Waals surface area contributed by atoms with E-state index in [1.54, 1.807) is 6.20 Å². The number of rotatable bonds is 4. The highest BCUT2D eigenvalue weighted by atomic mass is 32.1. The zero-order valence-corrected chi connectivity index (χ0v) is 15.5. The predicted molar refractivity (Wildman–Crippen MR) is 103 cm³/mol. The number of nitrogens with zero attached hydrogens (tertiary/aromatic N) is 5. The second-order valence-electron chi connectivity index (χ2n) is 6.75. The van der Waals surface area contributed by atoms with Crippen molar-refractivity contribution in [1.82, 2.24) is 18.6 Å². The highest BCUT2D eigenvalue weighted by molar-refractivity contribution is 7.00. The molecule has 0 aliphatic carbocycles. The van der Waals surface area contributed by atoms with Gasteiger partial charge in [0, 0.05) is 32.9 Å². The first kappa shape index (κ1) is 16.9. The minimum atomic E-state index is 0.0143. The minimum absolute atomic E-state index is 0.0143. The summed E-state index contributed by atoms with van der Waals surface area (Å²) in [5.74, 6) is 1.16. The van der Waals surface area contributed by atoms with Gasteiger partial charge in [0.05, 0.1) is 17.6 Å². The third-order valence-electron chi connectivity index (χ3n) is 4.86. The number of hydrogen-bond donors (Lipinski definition) is 0. The molecule has 7 heteroatoms. The molecule has 0 radical (unpaired) electrons. The molecule has 2 aromatic heterocycles. The summed E-state index contributed by atoms with van der Waals surface area (Å²) < 4.78 is 8.50. The number of pyridine rings is 1. The van der Waals surface area contributed by atoms with Gasteiger partial charge >= 0.3 is 0 Å². The van der Waals surface area contributed by atoms with E-state index in [9.17, 15) is 4.79 Å². The molecule has 4 rings (SSSR count). The maximum Gasteiger partial charge on any atom is 0.227 e. The smallest absolute Gasteiger partial charge is 0.227 e. The first-order chi connectivity index (χ1) is 12.7. The highest BCUT2D eigenvalue weighted by Gasteiger charge is 2.28. The molecule has 1 aliphatic rings. The number of benzene rings is 1. The van der Waals surface area contributed by atoms with Crippen LogP contribution in [0, 0.1) is 5.92 Å². The fourth-order valence-electron chi connectivity index (χ4n) is 3.52. The average molecular weight is 367 g/mol. The van der Waals surface area contributed by atoms with Gasteiger partial charge < -0.3 is 9.80 Å². The van der Waals surface area contributed by atoms with E-state index >= 15 is 0 Å². The first-order valence-electron chi connectivity index (χ1n) is 8.83.